The number of halogens is 1. The molecule has 0 aromatic rings. The van der Waals surface area contributed by atoms with Crippen molar-refractivity contribution in [1.29, 1.82) is 0 Å². The van der Waals surface area contributed by atoms with Gasteiger partial charge >= 0.3 is 0 Å². The summed E-state index contributed by atoms with van der Waals surface area (Å²) >= 11 is 0. The Balaban J connectivity index is 0.00000392. The Kier molecular flexibility index (Phi) is 11.7. The van der Waals surface area contributed by atoms with E-state index in [2.05, 4.69) is 34.4 Å². The Morgan fingerprint density at radius 2 is 1.71 bits per heavy atom. The van der Waals surface area contributed by atoms with Crippen molar-refractivity contribution in [3.8, 4) is 0 Å². The molecule has 0 spiro atoms. The van der Waals surface area contributed by atoms with Gasteiger partial charge in [0.1, 0.15) is 0 Å². The molecule has 2 aliphatic rings. The van der Waals surface area contributed by atoms with Crippen LogP contribution in [0.2, 0.25) is 0 Å². The third-order valence-electron chi connectivity index (χ3n) is 5.92. The minimum Gasteiger partial charge on any atom is -0.355 e. The molecule has 2 fully saturated rings. The highest BCUT2D eigenvalue weighted by molar-refractivity contribution is 14.0. The zero-order chi connectivity index (χ0) is 19.8. The van der Waals surface area contributed by atoms with Crippen molar-refractivity contribution < 1.29 is 4.79 Å². The van der Waals surface area contributed by atoms with Crippen LogP contribution >= 0.6 is 24.0 Å². The highest BCUT2D eigenvalue weighted by atomic mass is 127. The van der Waals surface area contributed by atoms with Gasteiger partial charge < -0.3 is 15.5 Å². The number of guanidine groups is 1. The molecule has 2 atom stereocenters. The molecule has 0 aliphatic carbocycles. The summed E-state index contributed by atoms with van der Waals surface area (Å²) in [5, 5.41) is 7.08. The van der Waals surface area contributed by atoms with E-state index in [9.17, 15) is 4.79 Å². The minimum atomic E-state index is 0. The highest BCUT2D eigenvalue weighted by Gasteiger charge is 2.28. The SMILES string of the molecule is CN=C(NCC(C(C)C)N1CCCCCC1)NC1CCN(C(=O)C(C)C)C1.I. The first-order chi connectivity index (χ1) is 12.9. The van der Waals surface area contributed by atoms with Crippen LogP contribution in [0.15, 0.2) is 4.99 Å². The average Bonchev–Trinajstić information content (AvgIpc) is 2.93. The summed E-state index contributed by atoms with van der Waals surface area (Å²) in [5.41, 5.74) is 0. The van der Waals surface area contributed by atoms with E-state index in [1.807, 2.05) is 25.8 Å². The molecular weight excluding hydrogens is 465 g/mol. The van der Waals surface area contributed by atoms with Crippen molar-refractivity contribution in [2.75, 3.05) is 39.8 Å². The fourth-order valence-corrected chi connectivity index (χ4v) is 4.25. The molecule has 0 bridgehead atoms. The number of hydrogen-bond acceptors (Lipinski definition) is 3. The van der Waals surface area contributed by atoms with Crippen molar-refractivity contribution in [3.63, 3.8) is 0 Å². The van der Waals surface area contributed by atoms with Crippen molar-refractivity contribution in [2.45, 2.75) is 71.9 Å². The molecule has 2 N–H and O–H groups in total. The van der Waals surface area contributed by atoms with Gasteiger partial charge in [0.05, 0.1) is 0 Å². The number of likely N-dealkylation sites (tertiary alicyclic amines) is 2. The standard InChI is InChI=1S/C21H41N5O.HI/c1-16(2)19(25-11-8-6-7-9-12-25)14-23-21(22-5)24-18-10-13-26(15-18)20(27)17(3)4;/h16-19H,6-15H2,1-5H3,(H2,22,23,24);1H. The van der Waals surface area contributed by atoms with Crippen LogP contribution in [0.4, 0.5) is 0 Å². The molecule has 164 valence electrons. The molecule has 0 aromatic carbocycles. The maximum absolute atomic E-state index is 12.2. The van der Waals surface area contributed by atoms with Crippen LogP contribution in [0.3, 0.4) is 0 Å². The lowest BCUT2D eigenvalue weighted by Crippen LogP contribution is -2.51. The number of hydrogen-bond donors (Lipinski definition) is 2. The van der Waals surface area contributed by atoms with E-state index in [-0.39, 0.29) is 41.8 Å². The quantitative estimate of drug-likeness (QED) is 0.330. The first kappa shape index (κ1) is 25.5. The van der Waals surface area contributed by atoms with Crippen LogP contribution in [-0.2, 0) is 4.79 Å². The summed E-state index contributed by atoms with van der Waals surface area (Å²) in [4.78, 5) is 21.2. The van der Waals surface area contributed by atoms with Crippen LogP contribution < -0.4 is 10.6 Å². The Morgan fingerprint density at radius 1 is 1.07 bits per heavy atom. The van der Waals surface area contributed by atoms with Gasteiger partial charge in [0.15, 0.2) is 5.96 Å². The second kappa shape index (κ2) is 12.9. The molecule has 2 saturated heterocycles. The third kappa shape index (κ3) is 7.69. The summed E-state index contributed by atoms with van der Waals surface area (Å²) in [6, 6.07) is 0.818. The summed E-state index contributed by atoms with van der Waals surface area (Å²) in [6.45, 7) is 13.5. The summed E-state index contributed by atoms with van der Waals surface area (Å²) in [6.07, 6.45) is 6.35. The van der Waals surface area contributed by atoms with Crippen molar-refractivity contribution in [3.05, 3.63) is 0 Å². The van der Waals surface area contributed by atoms with Gasteiger partial charge in [0, 0.05) is 44.7 Å². The zero-order valence-corrected chi connectivity index (χ0v) is 20.9. The Bertz CT molecular complexity index is 489. The largest absolute Gasteiger partial charge is 0.355 e. The fourth-order valence-electron chi connectivity index (χ4n) is 4.25. The van der Waals surface area contributed by atoms with Crippen molar-refractivity contribution in [1.82, 2.24) is 20.4 Å². The number of carbonyl (C=O) groups excluding carboxylic acids is 1. The van der Waals surface area contributed by atoms with E-state index < -0.39 is 0 Å². The van der Waals surface area contributed by atoms with Crippen LogP contribution in [0, 0.1) is 11.8 Å². The first-order valence-corrected chi connectivity index (χ1v) is 10.9. The van der Waals surface area contributed by atoms with E-state index in [0.29, 0.717) is 12.0 Å². The van der Waals surface area contributed by atoms with Gasteiger partial charge in [-0.25, -0.2) is 0 Å². The Hall–Kier alpha value is -0.570. The predicted octanol–water partition coefficient (Wildman–Crippen LogP) is 2.93. The van der Waals surface area contributed by atoms with E-state index in [1.54, 1.807) is 0 Å². The number of rotatable bonds is 6. The third-order valence-corrected chi connectivity index (χ3v) is 5.92. The average molecular weight is 508 g/mol. The summed E-state index contributed by atoms with van der Waals surface area (Å²) in [5.74, 6) is 1.79. The molecule has 1 amide bonds. The number of amides is 1. The number of aliphatic imine (C=N–C) groups is 1. The van der Waals surface area contributed by atoms with Gasteiger partial charge in [0.25, 0.3) is 0 Å². The molecular formula is C21H42IN5O. The van der Waals surface area contributed by atoms with E-state index in [1.165, 1.54) is 38.8 Å². The Labute approximate surface area is 189 Å². The highest BCUT2D eigenvalue weighted by Crippen LogP contribution is 2.17. The number of carbonyl (C=O) groups is 1. The molecule has 2 unspecified atom stereocenters. The van der Waals surface area contributed by atoms with Crippen LogP contribution in [0.5, 0.6) is 0 Å². The molecule has 2 rings (SSSR count). The van der Waals surface area contributed by atoms with Crippen LogP contribution in [-0.4, -0.2) is 73.5 Å². The Morgan fingerprint density at radius 3 is 2.25 bits per heavy atom. The molecule has 6 nitrogen and oxygen atoms in total. The maximum Gasteiger partial charge on any atom is 0.225 e. The van der Waals surface area contributed by atoms with E-state index in [0.717, 1.165) is 32.0 Å². The van der Waals surface area contributed by atoms with Crippen LogP contribution in [0.1, 0.15) is 59.8 Å². The molecule has 0 saturated carbocycles. The number of nitrogens with zero attached hydrogens (tertiary/aromatic N) is 3. The second-order valence-electron chi connectivity index (χ2n) is 8.78. The fraction of sp³-hybridized carbons (Fsp3) is 0.905. The normalized spacial score (nSPS) is 22.8. The zero-order valence-electron chi connectivity index (χ0n) is 18.5. The van der Waals surface area contributed by atoms with Gasteiger partial charge in [-0.3, -0.25) is 14.7 Å². The van der Waals surface area contributed by atoms with Crippen molar-refractivity contribution >= 4 is 35.8 Å². The molecule has 2 heterocycles. The number of nitrogens with one attached hydrogen (secondary N) is 2. The summed E-state index contributed by atoms with van der Waals surface area (Å²) < 4.78 is 0. The van der Waals surface area contributed by atoms with E-state index >= 15 is 0 Å². The van der Waals surface area contributed by atoms with Gasteiger partial charge in [-0.15, -0.1) is 24.0 Å². The van der Waals surface area contributed by atoms with Crippen LogP contribution in [0.25, 0.3) is 0 Å². The maximum atomic E-state index is 12.2. The molecule has 0 radical (unpaired) electrons. The molecule has 28 heavy (non-hydrogen) atoms. The molecule has 7 heteroatoms. The second-order valence-corrected chi connectivity index (χ2v) is 8.78. The first-order valence-electron chi connectivity index (χ1n) is 10.9. The smallest absolute Gasteiger partial charge is 0.225 e. The lowest BCUT2D eigenvalue weighted by molar-refractivity contribution is -0.133. The monoisotopic (exact) mass is 507 g/mol. The molecule has 0 aromatic heterocycles. The summed E-state index contributed by atoms with van der Waals surface area (Å²) in [7, 11) is 1.83. The predicted molar refractivity (Wildman–Crippen MR) is 128 cm³/mol. The van der Waals surface area contributed by atoms with Gasteiger partial charge in [-0.05, 0) is 38.3 Å². The molecule has 2 aliphatic heterocycles. The van der Waals surface area contributed by atoms with Gasteiger partial charge in [-0.2, -0.15) is 0 Å². The lowest BCUT2D eigenvalue weighted by atomic mass is 10.0. The van der Waals surface area contributed by atoms with Crippen molar-refractivity contribution in [2.24, 2.45) is 16.8 Å². The minimum absolute atomic E-state index is 0. The lowest BCUT2D eigenvalue weighted by Gasteiger charge is -2.34. The van der Waals surface area contributed by atoms with E-state index in [4.69, 9.17) is 0 Å². The van der Waals surface area contributed by atoms with Gasteiger partial charge in [-0.1, -0.05) is 40.5 Å². The topological polar surface area (TPSA) is 60.0 Å². The van der Waals surface area contributed by atoms with Gasteiger partial charge in [0.2, 0.25) is 5.91 Å².